The number of amides is 1. The summed E-state index contributed by atoms with van der Waals surface area (Å²) in [5, 5.41) is 0. The Morgan fingerprint density at radius 3 is 2.62 bits per heavy atom. The Bertz CT molecular complexity index is 961. The highest BCUT2D eigenvalue weighted by molar-refractivity contribution is 6.03. The largest absolute Gasteiger partial charge is 0.498 e. The molecule has 0 N–H and O–H groups in total. The minimum Gasteiger partial charge on any atom is -0.498 e. The van der Waals surface area contributed by atoms with E-state index in [0.717, 1.165) is 57.4 Å². The molecule has 1 saturated heterocycles. The topological polar surface area (TPSA) is 41.9 Å². The molecule has 5 rings (SSSR count). The standard InChI is InChI=1S/C32H45FN2O2/c1-23-14-18-34-31-27(4-2-3-5-30(23)31)22-25-6-8-26(9-7-25)32(36)35-19-15-24(16-20-35)17-21-37-29-12-10-28(33)11-13-29/h4,10,12,14,18,23-26,30H,2-3,5-9,11,13,15-17,19-22H2,1H3. The van der Waals surface area contributed by atoms with Gasteiger partial charge in [0.1, 0.15) is 5.83 Å². The summed E-state index contributed by atoms with van der Waals surface area (Å²) in [6, 6.07) is 0. The Morgan fingerprint density at radius 2 is 1.86 bits per heavy atom. The number of carbonyl (C=O) groups excluding carboxylic acids is 1. The number of nitrogens with zero attached hydrogens (tertiary/aromatic N) is 2. The van der Waals surface area contributed by atoms with Gasteiger partial charge in [-0.3, -0.25) is 9.79 Å². The molecule has 2 aliphatic heterocycles. The van der Waals surface area contributed by atoms with Crippen LogP contribution in [-0.4, -0.2) is 36.2 Å². The first-order valence-corrected chi connectivity index (χ1v) is 15.0. The second kappa shape index (κ2) is 12.6. The monoisotopic (exact) mass is 508 g/mol. The SMILES string of the molecule is CC1C=CN=C2C(CC3CCC(C(=O)N4CCC(CCOC5=CC=C(F)CC5)CC4)CC3)=CCCCC21. The summed E-state index contributed by atoms with van der Waals surface area (Å²) in [4.78, 5) is 20.3. The van der Waals surface area contributed by atoms with Crippen LogP contribution in [0.25, 0.3) is 0 Å². The summed E-state index contributed by atoms with van der Waals surface area (Å²) in [5.41, 5.74) is 2.86. The van der Waals surface area contributed by atoms with Crippen molar-refractivity contribution in [2.45, 2.75) is 90.4 Å². The van der Waals surface area contributed by atoms with Gasteiger partial charge in [0.25, 0.3) is 0 Å². The fraction of sp³-hybridized carbons (Fsp3) is 0.688. The van der Waals surface area contributed by atoms with Crippen LogP contribution in [0, 0.1) is 29.6 Å². The van der Waals surface area contributed by atoms with E-state index in [2.05, 4.69) is 24.0 Å². The van der Waals surface area contributed by atoms with Crippen molar-refractivity contribution in [3.05, 3.63) is 47.7 Å². The van der Waals surface area contributed by atoms with Crippen molar-refractivity contribution < 1.29 is 13.9 Å². The Morgan fingerprint density at radius 1 is 1.05 bits per heavy atom. The van der Waals surface area contributed by atoms with Crippen LogP contribution in [0.15, 0.2) is 52.7 Å². The van der Waals surface area contributed by atoms with Gasteiger partial charge >= 0.3 is 0 Å². The Kier molecular flexibility index (Phi) is 8.99. The van der Waals surface area contributed by atoms with E-state index in [-0.39, 0.29) is 11.7 Å². The molecule has 0 spiro atoms. The third-order valence-electron chi connectivity index (χ3n) is 9.53. The van der Waals surface area contributed by atoms with Crippen molar-refractivity contribution in [2.24, 2.45) is 34.6 Å². The summed E-state index contributed by atoms with van der Waals surface area (Å²) >= 11 is 0. The highest BCUT2D eigenvalue weighted by Crippen LogP contribution is 2.38. The molecule has 2 heterocycles. The van der Waals surface area contributed by atoms with E-state index >= 15 is 0 Å². The van der Waals surface area contributed by atoms with Crippen molar-refractivity contribution in [2.75, 3.05) is 19.7 Å². The molecular weight excluding hydrogens is 463 g/mol. The van der Waals surface area contributed by atoms with Crippen LogP contribution in [0.2, 0.25) is 0 Å². The molecule has 4 nitrogen and oxygen atoms in total. The molecule has 0 bridgehead atoms. The maximum Gasteiger partial charge on any atom is 0.225 e. The van der Waals surface area contributed by atoms with Crippen LogP contribution >= 0.6 is 0 Å². The quantitative estimate of drug-likeness (QED) is 0.354. The Hall–Kier alpha value is -2.17. The minimum absolute atomic E-state index is 0.0604. The predicted octanol–water partition coefficient (Wildman–Crippen LogP) is 7.69. The van der Waals surface area contributed by atoms with Crippen LogP contribution in [0.4, 0.5) is 4.39 Å². The van der Waals surface area contributed by atoms with Crippen molar-refractivity contribution in [3.8, 4) is 0 Å². The summed E-state index contributed by atoms with van der Waals surface area (Å²) in [6.45, 7) is 4.81. The van der Waals surface area contributed by atoms with Gasteiger partial charge < -0.3 is 9.64 Å². The molecule has 2 atom stereocenters. The van der Waals surface area contributed by atoms with Gasteiger partial charge in [-0.1, -0.05) is 19.1 Å². The maximum atomic E-state index is 13.3. The molecule has 1 saturated carbocycles. The molecule has 1 amide bonds. The lowest BCUT2D eigenvalue weighted by Gasteiger charge is -2.36. The number of fused-ring (bicyclic) bond motifs is 1. The average Bonchev–Trinajstić information content (AvgIpc) is 3.13. The first kappa shape index (κ1) is 26.4. The molecule has 0 aromatic heterocycles. The van der Waals surface area contributed by atoms with Gasteiger partial charge in [-0.2, -0.15) is 0 Å². The molecule has 5 heteroatoms. The van der Waals surface area contributed by atoms with E-state index in [4.69, 9.17) is 9.73 Å². The zero-order valence-electron chi connectivity index (χ0n) is 22.7. The number of likely N-dealkylation sites (tertiary alicyclic amines) is 1. The Labute approximate surface area is 222 Å². The summed E-state index contributed by atoms with van der Waals surface area (Å²) < 4.78 is 19.0. The van der Waals surface area contributed by atoms with E-state index in [1.54, 1.807) is 6.08 Å². The van der Waals surface area contributed by atoms with Crippen molar-refractivity contribution in [1.29, 1.82) is 0 Å². The number of hydrogen-bond acceptors (Lipinski definition) is 3. The first-order chi connectivity index (χ1) is 18.1. The summed E-state index contributed by atoms with van der Waals surface area (Å²) in [7, 11) is 0. The lowest BCUT2D eigenvalue weighted by atomic mass is 9.75. The molecule has 0 aromatic carbocycles. The number of hydrogen-bond donors (Lipinski definition) is 0. The fourth-order valence-electron chi connectivity index (χ4n) is 7.06. The number of carbonyl (C=O) groups is 1. The molecule has 37 heavy (non-hydrogen) atoms. The minimum atomic E-state index is -0.0604. The van der Waals surface area contributed by atoms with Crippen LogP contribution in [0.1, 0.15) is 90.4 Å². The van der Waals surface area contributed by atoms with E-state index in [0.29, 0.717) is 49.0 Å². The normalized spacial score (nSPS) is 30.9. The van der Waals surface area contributed by atoms with Gasteiger partial charge in [-0.25, -0.2) is 4.39 Å². The first-order valence-electron chi connectivity index (χ1n) is 15.0. The zero-order chi connectivity index (χ0) is 25.6. The smallest absolute Gasteiger partial charge is 0.225 e. The molecule has 202 valence electrons. The van der Waals surface area contributed by atoms with Gasteiger partial charge in [0.05, 0.1) is 12.4 Å². The maximum absolute atomic E-state index is 13.3. The van der Waals surface area contributed by atoms with Crippen LogP contribution < -0.4 is 0 Å². The second-order valence-electron chi connectivity index (χ2n) is 12.1. The number of aliphatic imine (C=N–C) groups is 1. The van der Waals surface area contributed by atoms with Crippen LogP contribution in [0.5, 0.6) is 0 Å². The third kappa shape index (κ3) is 6.83. The summed E-state index contributed by atoms with van der Waals surface area (Å²) in [5.74, 6) is 3.96. The van der Waals surface area contributed by atoms with E-state index in [1.165, 1.54) is 49.5 Å². The van der Waals surface area contributed by atoms with Crippen molar-refractivity contribution in [3.63, 3.8) is 0 Å². The molecule has 2 fully saturated rings. The Balaban J connectivity index is 1.02. The molecule has 5 aliphatic rings. The molecule has 0 aromatic rings. The third-order valence-corrected chi connectivity index (χ3v) is 9.53. The number of ether oxygens (including phenoxy) is 1. The average molecular weight is 509 g/mol. The summed E-state index contributed by atoms with van der Waals surface area (Å²) in [6.07, 6.45) is 23.6. The van der Waals surface area contributed by atoms with Gasteiger partial charge in [0, 0.05) is 49.7 Å². The molecule has 0 radical (unpaired) electrons. The predicted molar refractivity (Wildman–Crippen MR) is 148 cm³/mol. The van der Waals surface area contributed by atoms with Crippen molar-refractivity contribution >= 4 is 11.6 Å². The highest BCUT2D eigenvalue weighted by Gasteiger charge is 2.33. The van der Waals surface area contributed by atoms with E-state index in [1.807, 2.05) is 6.20 Å². The van der Waals surface area contributed by atoms with Crippen LogP contribution in [0.3, 0.4) is 0 Å². The van der Waals surface area contributed by atoms with Gasteiger partial charge in [-0.15, -0.1) is 0 Å². The van der Waals surface area contributed by atoms with E-state index in [9.17, 15) is 9.18 Å². The van der Waals surface area contributed by atoms with Gasteiger partial charge in [-0.05, 0) is 106 Å². The molecule has 3 aliphatic carbocycles. The highest BCUT2D eigenvalue weighted by atomic mass is 19.1. The lowest BCUT2D eigenvalue weighted by Crippen LogP contribution is -2.42. The molecule has 2 unspecified atom stereocenters. The number of rotatable bonds is 7. The molecular formula is C32H45FN2O2. The zero-order valence-corrected chi connectivity index (χ0v) is 22.7. The van der Waals surface area contributed by atoms with Gasteiger partial charge in [0.15, 0.2) is 0 Å². The lowest BCUT2D eigenvalue weighted by molar-refractivity contribution is -0.138. The number of allylic oxidation sites excluding steroid dienone is 7. The fourth-order valence-corrected chi connectivity index (χ4v) is 7.06. The number of halogens is 1. The van der Waals surface area contributed by atoms with Crippen molar-refractivity contribution in [1.82, 2.24) is 4.90 Å². The number of piperidine rings is 1. The van der Waals surface area contributed by atoms with Crippen LogP contribution in [-0.2, 0) is 9.53 Å². The van der Waals surface area contributed by atoms with E-state index < -0.39 is 0 Å². The van der Waals surface area contributed by atoms with Gasteiger partial charge in [0.2, 0.25) is 5.91 Å². The second-order valence-corrected chi connectivity index (χ2v) is 12.1.